The number of fused-ring (bicyclic) bond motifs is 2. The molecule has 42 heavy (non-hydrogen) atoms. The molecule has 3 aliphatic carbocycles. The van der Waals surface area contributed by atoms with Crippen LogP contribution in [0.4, 0.5) is 5.13 Å². The van der Waals surface area contributed by atoms with Crippen molar-refractivity contribution < 1.29 is 22.8 Å². The van der Waals surface area contributed by atoms with Crippen LogP contribution in [0, 0.1) is 5.92 Å². The predicted octanol–water partition coefficient (Wildman–Crippen LogP) is 3.65. The number of amides is 3. The molecule has 2 saturated carbocycles. The van der Waals surface area contributed by atoms with Gasteiger partial charge in [0.15, 0.2) is 5.13 Å². The first-order chi connectivity index (χ1) is 20.3. The molecule has 0 bridgehead atoms. The Balaban J connectivity index is 1.20. The molecule has 1 aromatic heterocycles. The number of anilines is 1. The highest BCUT2D eigenvalue weighted by molar-refractivity contribution is 7.91. The molecule has 12 heteroatoms. The SMILES string of the molecule is O=C1N[C@]2(C(=O)NS(=O)(=O)C3CC3)C[C@H]2/C=C\CCCCC[C@H](Nc2ncc(C3=CC=CCC3)s2)C(=O)N2CCC[C@@H]12. The Morgan fingerprint density at radius 3 is 2.71 bits per heavy atom. The maximum absolute atomic E-state index is 14.0. The lowest BCUT2D eigenvalue weighted by Crippen LogP contribution is -2.57. The summed E-state index contributed by atoms with van der Waals surface area (Å²) < 4.78 is 27.4. The molecular weight excluding hydrogens is 574 g/mol. The molecule has 0 unspecified atom stereocenters. The first-order valence-corrected chi connectivity index (χ1v) is 17.6. The number of hydrogen-bond donors (Lipinski definition) is 3. The monoisotopic (exact) mass is 613 g/mol. The second-order valence-electron chi connectivity index (χ2n) is 12.1. The van der Waals surface area contributed by atoms with Crippen LogP contribution in [-0.4, -0.2) is 65.4 Å². The maximum atomic E-state index is 14.0. The Hall–Kier alpha value is -2.99. The fourth-order valence-electron chi connectivity index (χ4n) is 6.22. The molecule has 0 aromatic carbocycles. The number of nitrogens with one attached hydrogen (secondary N) is 3. The third-order valence-corrected chi connectivity index (χ3v) is 11.8. The van der Waals surface area contributed by atoms with Gasteiger partial charge in [-0.25, -0.2) is 13.4 Å². The molecule has 6 rings (SSSR count). The molecule has 2 aliphatic heterocycles. The second kappa shape index (κ2) is 11.9. The van der Waals surface area contributed by atoms with Crippen LogP contribution in [0.5, 0.6) is 0 Å². The van der Waals surface area contributed by atoms with Crippen LogP contribution in [0.2, 0.25) is 0 Å². The summed E-state index contributed by atoms with van der Waals surface area (Å²) in [4.78, 5) is 48.3. The zero-order valence-corrected chi connectivity index (χ0v) is 25.4. The number of thiazole rings is 1. The molecule has 5 aliphatic rings. The first kappa shape index (κ1) is 29.1. The van der Waals surface area contributed by atoms with Gasteiger partial charge in [0.1, 0.15) is 17.6 Å². The molecule has 0 spiro atoms. The second-order valence-corrected chi connectivity index (χ2v) is 15.1. The number of carbonyl (C=O) groups excluding carboxylic acids is 3. The van der Waals surface area contributed by atoms with Crippen molar-refractivity contribution in [3.8, 4) is 0 Å². The van der Waals surface area contributed by atoms with E-state index in [1.807, 2.05) is 18.3 Å². The van der Waals surface area contributed by atoms with Crippen molar-refractivity contribution in [2.45, 2.75) is 99.9 Å². The van der Waals surface area contributed by atoms with Crippen LogP contribution in [0.1, 0.15) is 81.9 Å². The van der Waals surface area contributed by atoms with Gasteiger partial charge in [0.2, 0.25) is 21.8 Å². The van der Waals surface area contributed by atoms with Gasteiger partial charge in [-0.2, -0.15) is 0 Å². The number of sulfonamides is 1. The van der Waals surface area contributed by atoms with E-state index in [9.17, 15) is 22.8 Å². The molecule has 10 nitrogen and oxygen atoms in total. The van der Waals surface area contributed by atoms with Crippen molar-refractivity contribution in [2.24, 2.45) is 5.92 Å². The van der Waals surface area contributed by atoms with Crippen LogP contribution >= 0.6 is 11.3 Å². The molecule has 3 heterocycles. The summed E-state index contributed by atoms with van der Waals surface area (Å²) >= 11 is 1.54. The average molecular weight is 614 g/mol. The summed E-state index contributed by atoms with van der Waals surface area (Å²) in [5.41, 5.74) is -0.0765. The highest BCUT2D eigenvalue weighted by Gasteiger charge is 2.61. The molecule has 4 atom stereocenters. The Kier molecular flexibility index (Phi) is 8.28. The van der Waals surface area contributed by atoms with Gasteiger partial charge >= 0.3 is 0 Å². The van der Waals surface area contributed by atoms with Gasteiger partial charge < -0.3 is 15.5 Å². The van der Waals surface area contributed by atoms with Crippen molar-refractivity contribution in [1.82, 2.24) is 19.9 Å². The third kappa shape index (κ3) is 6.20. The highest BCUT2D eigenvalue weighted by Crippen LogP contribution is 2.46. The summed E-state index contributed by atoms with van der Waals surface area (Å²) in [6, 6.07) is -1.24. The number of aromatic nitrogens is 1. The van der Waals surface area contributed by atoms with E-state index in [1.165, 1.54) is 5.57 Å². The van der Waals surface area contributed by atoms with E-state index in [1.54, 1.807) is 16.2 Å². The van der Waals surface area contributed by atoms with Crippen molar-refractivity contribution in [1.29, 1.82) is 0 Å². The fraction of sp³-hybridized carbons (Fsp3) is 0.600. The number of allylic oxidation sites excluding steroid dienone is 5. The van der Waals surface area contributed by atoms with Gasteiger partial charge in [-0.15, -0.1) is 0 Å². The smallest absolute Gasteiger partial charge is 0.259 e. The summed E-state index contributed by atoms with van der Waals surface area (Å²) in [5, 5.41) is 6.45. The van der Waals surface area contributed by atoms with Gasteiger partial charge in [-0.05, 0) is 69.8 Å². The lowest BCUT2D eigenvalue weighted by molar-refractivity contribution is -0.140. The van der Waals surface area contributed by atoms with Crippen LogP contribution in [-0.2, 0) is 24.4 Å². The van der Waals surface area contributed by atoms with Crippen LogP contribution in [0.25, 0.3) is 5.57 Å². The molecule has 3 amide bonds. The van der Waals surface area contributed by atoms with Gasteiger partial charge in [0.25, 0.3) is 5.91 Å². The lowest BCUT2D eigenvalue weighted by atomic mass is 10.0. The van der Waals surface area contributed by atoms with E-state index in [-0.39, 0.29) is 11.8 Å². The molecule has 1 saturated heterocycles. The van der Waals surface area contributed by atoms with Crippen molar-refractivity contribution in [3.63, 3.8) is 0 Å². The molecule has 3 fully saturated rings. The molecule has 226 valence electrons. The summed E-state index contributed by atoms with van der Waals surface area (Å²) in [6.45, 7) is 0.454. The topological polar surface area (TPSA) is 138 Å². The lowest BCUT2D eigenvalue weighted by Gasteiger charge is -2.30. The van der Waals surface area contributed by atoms with Gasteiger partial charge in [0, 0.05) is 18.7 Å². The molecular formula is C30H39N5O5S2. The molecule has 0 radical (unpaired) electrons. The number of hydrogen-bond acceptors (Lipinski definition) is 8. The van der Waals surface area contributed by atoms with E-state index in [2.05, 4.69) is 38.6 Å². The Morgan fingerprint density at radius 1 is 1.07 bits per heavy atom. The van der Waals surface area contributed by atoms with Crippen LogP contribution in [0.3, 0.4) is 0 Å². The number of nitrogens with zero attached hydrogens (tertiary/aromatic N) is 2. The Bertz CT molecular complexity index is 1430. The maximum Gasteiger partial charge on any atom is 0.259 e. The quantitative estimate of drug-likeness (QED) is 0.417. The number of carbonyl (C=O) groups is 3. The summed E-state index contributed by atoms with van der Waals surface area (Å²) in [6.07, 6.45) is 20.8. The minimum absolute atomic E-state index is 0.139. The van der Waals surface area contributed by atoms with E-state index in [0.29, 0.717) is 50.2 Å². The summed E-state index contributed by atoms with van der Waals surface area (Å²) in [7, 11) is -3.76. The largest absolute Gasteiger partial charge is 0.350 e. The van der Waals surface area contributed by atoms with Crippen molar-refractivity contribution in [2.75, 3.05) is 11.9 Å². The van der Waals surface area contributed by atoms with Crippen molar-refractivity contribution in [3.05, 3.63) is 41.5 Å². The Morgan fingerprint density at radius 2 is 1.93 bits per heavy atom. The Labute approximate surface area is 251 Å². The standard InChI is InChI=1S/C30H39N5O5S2/c36-26-24-14-9-17-35(24)27(37)23(32-29-31-19-25(41-29)20-10-5-4-6-11-20)13-8-3-1-2-7-12-21-18-30(21,33-26)28(38)34-42(39,40)22-15-16-22/h4-5,7,10,12,19,21-24H,1-3,6,8-9,11,13-18H2,(H,31,32)(H,33,36)(H,34,38)/b12-7-/t21-,23+,24+,30-/m1/s1. The highest BCUT2D eigenvalue weighted by atomic mass is 32.2. The van der Waals surface area contributed by atoms with Gasteiger partial charge in [0.05, 0.1) is 10.1 Å². The molecule has 3 N–H and O–H groups in total. The van der Waals surface area contributed by atoms with E-state index in [0.717, 1.165) is 43.4 Å². The van der Waals surface area contributed by atoms with Crippen molar-refractivity contribution >= 4 is 49.8 Å². The zero-order valence-electron chi connectivity index (χ0n) is 23.7. The van der Waals surface area contributed by atoms with Gasteiger partial charge in [-0.3, -0.25) is 19.1 Å². The predicted molar refractivity (Wildman–Crippen MR) is 162 cm³/mol. The number of rotatable bonds is 6. The van der Waals surface area contributed by atoms with E-state index in [4.69, 9.17) is 0 Å². The zero-order chi connectivity index (χ0) is 29.3. The van der Waals surface area contributed by atoms with E-state index < -0.39 is 44.7 Å². The average Bonchev–Trinajstić information content (AvgIpc) is 3.84. The first-order valence-electron chi connectivity index (χ1n) is 15.2. The summed E-state index contributed by atoms with van der Waals surface area (Å²) in [5.74, 6) is -1.51. The normalized spacial score (nSPS) is 31.1. The van der Waals surface area contributed by atoms with Crippen LogP contribution < -0.4 is 15.4 Å². The fourth-order valence-corrected chi connectivity index (χ4v) is 8.51. The molecule has 1 aromatic rings. The third-order valence-electron chi connectivity index (χ3n) is 8.97. The minimum atomic E-state index is -3.76. The van der Waals surface area contributed by atoms with Gasteiger partial charge in [-0.1, -0.05) is 54.6 Å². The van der Waals surface area contributed by atoms with Crippen LogP contribution in [0.15, 0.2) is 36.6 Å². The minimum Gasteiger partial charge on any atom is -0.350 e. The van der Waals surface area contributed by atoms with E-state index >= 15 is 0 Å².